The second-order valence-electron chi connectivity index (χ2n) is 8.51. The molecule has 0 unspecified atom stereocenters. The average Bonchev–Trinajstić information content (AvgIpc) is 3.61. The van der Waals surface area contributed by atoms with Gasteiger partial charge in [-0.2, -0.15) is 8.42 Å². The summed E-state index contributed by atoms with van der Waals surface area (Å²) < 4.78 is 58.0. The van der Waals surface area contributed by atoms with Crippen LogP contribution in [0.4, 0.5) is 16.3 Å². The van der Waals surface area contributed by atoms with Crippen LogP contribution in [0, 0.1) is 0 Å². The van der Waals surface area contributed by atoms with Gasteiger partial charge in [0.25, 0.3) is 10.1 Å². The van der Waals surface area contributed by atoms with Crippen LogP contribution in [0.2, 0.25) is 0 Å². The van der Waals surface area contributed by atoms with Gasteiger partial charge in [0.1, 0.15) is 12.4 Å². The number of ether oxygens (including phenoxy) is 1. The minimum Gasteiger partial charge on any atom is -0.376 e. The van der Waals surface area contributed by atoms with Gasteiger partial charge in [0.05, 0.1) is 25.2 Å². The van der Waals surface area contributed by atoms with E-state index in [1.165, 1.54) is 6.07 Å². The first-order valence-corrected chi connectivity index (χ1v) is 14.7. The number of carbonyl (C=O) groups is 1. The van der Waals surface area contributed by atoms with Crippen LogP contribution in [0.15, 0.2) is 30.3 Å². The van der Waals surface area contributed by atoms with Crippen LogP contribution in [0.1, 0.15) is 18.5 Å². The van der Waals surface area contributed by atoms with Gasteiger partial charge < -0.3 is 20.3 Å². The highest BCUT2D eigenvalue weighted by Gasteiger charge is 2.33. The number of amides is 2. The van der Waals surface area contributed by atoms with Crippen molar-refractivity contribution in [1.82, 2.24) is 15.3 Å². The number of benzene rings is 1. The monoisotopic (exact) mass is 525 g/mol. The molecule has 2 aliphatic rings. The van der Waals surface area contributed by atoms with Crippen molar-refractivity contribution >= 4 is 37.5 Å². The Kier molecular flexibility index (Phi) is 7.26. The number of urea groups is 1. The van der Waals surface area contributed by atoms with E-state index >= 15 is 0 Å². The van der Waals surface area contributed by atoms with Crippen LogP contribution in [-0.4, -0.2) is 76.5 Å². The van der Waals surface area contributed by atoms with E-state index in [0.29, 0.717) is 23.7 Å². The molecule has 190 valence electrons. The molecule has 4 rings (SSSR count). The number of hydrogen-bond acceptors (Lipinski definition) is 10. The lowest BCUT2D eigenvalue weighted by atomic mass is 10.2. The Morgan fingerprint density at radius 3 is 2.49 bits per heavy atom. The van der Waals surface area contributed by atoms with Crippen molar-refractivity contribution in [3.63, 3.8) is 0 Å². The van der Waals surface area contributed by atoms with E-state index in [2.05, 4.69) is 20.6 Å². The zero-order valence-corrected chi connectivity index (χ0v) is 20.9. The fourth-order valence-corrected chi connectivity index (χ4v) is 4.84. The first-order valence-electron chi connectivity index (χ1n) is 10.9. The quantitative estimate of drug-likeness (QED) is 0.479. The van der Waals surface area contributed by atoms with Gasteiger partial charge in [0.2, 0.25) is 0 Å². The maximum Gasteiger partial charge on any atom is 0.319 e. The highest BCUT2D eigenvalue weighted by Crippen LogP contribution is 2.26. The molecule has 1 aliphatic heterocycles. The fraction of sp³-hybridized carbons (Fsp3) is 0.476. The summed E-state index contributed by atoms with van der Waals surface area (Å²) >= 11 is 0. The maximum atomic E-state index is 12.4. The summed E-state index contributed by atoms with van der Waals surface area (Å²) in [4.78, 5) is 22.6. The predicted octanol–water partition coefficient (Wildman–Crippen LogP) is 1.11. The Balaban J connectivity index is 1.64. The molecule has 1 aliphatic carbocycles. The van der Waals surface area contributed by atoms with Crippen molar-refractivity contribution in [3.8, 4) is 11.4 Å². The summed E-state index contributed by atoms with van der Waals surface area (Å²) in [7, 11) is -7.23. The Bertz CT molecular complexity index is 1300. The van der Waals surface area contributed by atoms with Crippen LogP contribution in [0.5, 0.6) is 0 Å². The van der Waals surface area contributed by atoms with Crippen LogP contribution in [0.25, 0.3) is 11.4 Å². The Hall–Kier alpha value is -2.81. The summed E-state index contributed by atoms with van der Waals surface area (Å²) in [5.41, 5.74) is 1.43. The van der Waals surface area contributed by atoms with Crippen molar-refractivity contribution < 1.29 is 30.6 Å². The van der Waals surface area contributed by atoms with E-state index in [0.717, 1.165) is 25.4 Å². The van der Waals surface area contributed by atoms with Crippen molar-refractivity contribution in [3.05, 3.63) is 36.0 Å². The van der Waals surface area contributed by atoms with Gasteiger partial charge in [-0.15, -0.1) is 0 Å². The molecule has 14 heteroatoms. The molecule has 1 saturated heterocycles. The molecule has 2 aromatic rings. The molecule has 1 saturated carbocycles. The van der Waals surface area contributed by atoms with E-state index in [-0.39, 0.29) is 43.3 Å². The van der Waals surface area contributed by atoms with Gasteiger partial charge in [-0.1, -0.05) is 0 Å². The number of nitrogens with zero attached hydrogens (tertiary/aromatic N) is 3. The average molecular weight is 526 g/mol. The molecule has 0 radical (unpaired) electrons. The molecule has 2 fully saturated rings. The SMILES string of the molecule is CS(=O)(=O)OCc1cc(N2CCOC[C@@H]2S(C)(=O)=O)nc(-c2ccc(NC(=O)NC3CC3)cc2)n1. The highest BCUT2D eigenvalue weighted by molar-refractivity contribution is 7.91. The third-order valence-electron chi connectivity index (χ3n) is 5.37. The van der Waals surface area contributed by atoms with Crippen LogP contribution < -0.4 is 15.5 Å². The lowest BCUT2D eigenvalue weighted by Crippen LogP contribution is -2.50. The Labute approximate surface area is 204 Å². The minimum atomic E-state index is -3.73. The topological polar surface area (TPSA) is 157 Å². The number of aromatic nitrogens is 2. The van der Waals surface area contributed by atoms with Gasteiger partial charge in [0, 0.05) is 36.2 Å². The van der Waals surface area contributed by atoms with Crippen LogP contribution >= 0.6 is 0 Å². The van der Waals surface area contributed by atoms with Gasteiger partial charge in [-0.05, 0) is 37.1 Å². The van der Waals surface area contributed by atoms with Crippen molar-refractivity contribution in [1.29, 1.82) is 0 Å². The predicted molar refractivity (Wildman–Crippen MR) is 129 cm³/mol. The maximum absolute atomic E-state index is 12.4. The number of rotatable bonds is 8. The number of carbonyl (C=O) groups excluding carboxylic acids is 1. The fourth-order valence-electron chi connectivity index (χ4n) is 3.48. The van der Waals surface area contributed by atoms with E-state index < -0.39 is 25.3 Å². The third kappa shape index (κ3) is 7.10. The first kappa shape index (κ1) is 25.3. The number of nitrogens with one attached hydrogen (secondary N) is 2. The smallest absolute Gasteiger partial charge is 0.319 e. The molecule has 2 amide bonds. The first-order chi connectivity index (χ1) is 16.5. The summed E-state index contributed by atoms with van der Waals surface area (Å²) in [5, 5.41) is 4.65. The zero-order valence-electron chi connectivity index (χ0n) is 19.3. The molecule has 2 N–H and O–H groups in total. The molecule has 1 atom stereocenters. The van der Waals surface area contributed by atoms with E-state index in [9.17, 15) is 21.6 Å². The Morgan fingerprint density at radius 1 is 1.14 bits per heavy atom. The molecular formula is C21H27N5O7S2. The van der Waals surface area contributed by atoms with Crippen LogP contribution in [-0.2, 0) is 35.5 Å². The summed E-state index contributed by atoms with van der Waals surface area (Å²) in [6.45, 7) is 0.232. The van der Waals surface area contributed by atoms with E-state index in [1.807, 2.05) is 0 Å². The van der Waals surface area contributed by atoms with Gasteiger partial charge in [-0.3, -0.25) is 4.18 Å². The number of sulfone groups is 1. The standard InChI is InChI=1S/C21H27N5O7S2/c1-34(28,29)19-13-32-10-9-26(19)18-11-17(12-33-35(2,30)31)22-20(25-18)14-3-5-15(6-4-14)23-21(27)24-16-7-8-16/h3-6,11,16,19H,7-10,12-13H2,1-2H3,(H2,23,24,27)/t19-/m0/s1. The summed E-state index contributed by atoms with van der Waals surface area (Å²) in [6, 6.07) is 8.26. The lowest BCUT2D eigenvalue weighted by molar-refractivity contribution is 0.112. The van der Waals surface area contributed by atoms with Crippen molar-refractivity contribution in [2.24, 2.45) is 0 Å². The number of morpholine rings is 1. The molecule has 1 aromatic carbocycles. The molecule has 2 heterocycles. The van der Waals surface area contributed by atoms with Crippen molar-refractivity contribution in [2.75, 3.05) is 42.5 Å². The normalized spacial score (nSPS) is 18.8. The van der Waals surface area contributed by atoms with Gasteiger partial charge in [0.15, 0.2) is 21.0 Å². The van der Waals surface area contributed by atoms with E-state index in [4.69, 9.17) is 8.92 Å². The largest absolute Gasteiger partial charge is 0.376 e. The molecule has 0 bridgehead atoms. The van der Waals surface area contributed by atoms with Crippen molar-refractivity contribution in [2.45, 2.75) is 30.9 Å². The second-order valence-corrected chi connectivity index (χ2v) is 12.4. The van der Waals surface area contributed by atoms with E-state index in [1.54, 1.807) is 29.2 Å². The highest BCUT2D eigenvalue weighted by atomic mass is 32.2. The molecule has 12 nitrogen and oxygen atoms in total. The van der Waals surface area contributed by atoms with Gasteiger partial charge in [-0.25, -0.2) is 23.2 Å². The molecule has 0 spiro atoms. The van der Waals surface area contributed by atoms with Gasteiger partial charge >= 0.3 is 6.03 Å². The molecule has 1 aromatic heterocycles. The summed E-state index contributed by atoms with van der Waals surface area (Å²) in [5.74, 6) is 0.564. The van der Waals surface area contributed by atoms with Crippen LogP contribution in [0.3, 0.4) is 0 Å². The lowest BCUT2D eigenvalue weighted by Gasteiger charge is -2.35. The summed E-state index contributed by atoms with van der Waals surface area (Å²) in [6.07, 6.45) is 4.02. The number of hydrogen-bond donors (Lipinski definition) is 2. The third-order valence-corrected chi connectivity index (χ3v) is 7.30. The minimum absolute atomic E-state index is 0.0172. The molecule has 35 heavy (non-hydrogen) atoms. The zero-order chi connectivity index (χ0) is 25.2. The second kappa shape index (κ2) is 10.0. The Morgan fingerprint density at radius 2 is 1.86 bits per heavy atom. The molecular weight excluding hydrogens is 498 g/mol. The number of anilines is 2.